The fraction of sp³-hybridized carbons (Fsp3) is 0.143. The molecule has 3 nitrogen and oxygen atoms in total. The summed E-state index contributed by atoms with van der Waals surface area (Å²) in [5.74, 6) is 0. The van der Waals surface area contributed by atoms with Gasteiger partial charge in [-0.05, 0) is 11.1 Å². The van der Waals surface area contributed by atoms with Crippen LogP contribution in [0, 0.1) is 5.16 Å². The minimum Gasteiger partial charge on any atom is -0.121 e. The van der Waals surface area contributed by atoms with Crippen LogP contribution in [0.5, 0.6) is 0 Å². The Balaban J connectivity index is 2.08. The molecule has 4 heteroatoms. The number of hydrogen-bond acceptors (Lipinski definition) is 1. The second-order valence-electron chi connectivity index (χ2n) is 4.14. The Hall–Kier alpha value is -1.54. The van der Waals surface area contributed by atoms with Crippen LogP contribution in [0.15, 0.2) is 60.7 Å². The summed E-state index contributed by atoms with van der Waals surface area (Å²) in [7, 11) is -1.33. The van der Waals surface area contributed by atoms with Crippen molar-refractivity contribution in [2.24, 2.45) is 5.50 Å². The maximum absolute atomic E-state index is 7.80. The Kier molecular flexibility index (Phi) is 4.59. The lowest BCUT2D eigenvalue weighted by molar-refractivity contribution is 0.447. The van der Waals surface area contributed by atoms with Crippen LogP contribution in [0.1, 0.15) is 11.1 Å². The lowest BCUT2D eigenvalue weighted by Crippen LogP contribution is -2.17. The van der Waals surface area contributed by atoms with Crippen molar-refractivity contribution in [1.29, 1.82) is 5.16 Å². The predicted molar refractivity (Wildman–Crippen MR) is 76.0 cm³/mol. The van der Waals surface area contributed by atoms with Gasteiger partial charge < -0.3 is 0 Å². The number of hydrogen-bond donors (Lipinski definition) is 2. The first-order valence-corrected chi connectivity index (χ1v) is 7.21. The van der Waals surface area contributed by atoms with Crippen molar-refractivity contribution in [3.63, 3.8) is 0 Å². The monoisotopic (exact) mass is 258 g/mol. The van der Waals surface area contributed by atoms with Gasteiger partial charge >= 0.3 is 8.01 Å². The van der Waals surface area contributed by atoms with Crippen LogP contribution in [0.3, 0.4) is 0 Å². The predicted octanol–water partition coefficient (Wildman–Crippen LogP) is 3.72. The molecule has 2 aromatic rings. The van der Waals surface area contributed by atoms with Crippen molar-refractivity contribution >= 4 is 8.01 Å². The van der Waals surface area contributed by atoms with Crippen molar-refractivity contribution in [3.05, 3.63) is 71.8 Å². The first kappa shape index (κ1) is 12.9. The fourth-order valence-electron chi connectivity index (χ4n) is 1.80. The molecule has 0 amide bonds. The second kappa shape index (κ2) is 6.41. The molecule has 0 aliphatic heterocycles. The Bertz CT molecular complexity index is 457. The molecule has 0 heterocycles. The fourth-order valence-corrected chi connectivity index (χ4v) is 2.43. The van der Waals surface area contributed by atoms with E-state index in [-0.39, 0.29) is 0 Å². The topological polar surface area (TPSA) is 53.1 Å². The summed E-state index contributed by atoms with van der Waals surface area (Å²) in [5, 5.41) is 7.80. The van der Waals surface area contributed by atoms with Gasteiger partial charge in [0.1, 0.15) is 0 Å². The number of benzene rings is 2. The normalized spacial score (nSPS) is 11.6. The zero-order valence-electron chi connectivity index (χ0n) is 10.2. The summed E-state index contributed by atoms with van der Waals surface area (Å²) in [4.78, 5) is 0. The molecule has 0 aliphatic rings. The molecule has 0 saturated carbocycles. The summed E-state index contributed by atoms with van der Waals surface area (Å²) >= 11 is 0. The zero-order valence-corrected chi connectivity index (χ0v) is 11.1. The van der Waals surface area contributed by atoms with Crippen LogP contribution in [-0.2, 0) is 13.1 Å². The van der Waals surface area contributed by atoms with E-state index in [9.17, 15) is 0 Å². The lowest BCUT2D eigenvalue weighted by Gasteiger charge is -2.11. The Labute approximate surface area is 109 Å². The van der Waals surface area contributed by atoms with Gasteiger partial charge in [-0.2, -0.15) is 0 Å². The van der Waals surface area contributed by atoms with Gasteiger partial charge in [-0.1, -0.05) is 70.5 Å². The average Bonchev–Trinajstić information content (AvgIpc) is 2.40. The van der Waals surface area contributed by atoms with E-state index in [4.69, 9.17) is 10.7 Å². The Morgan fingerprint density at radius 1 is 0.833 bits per heavy atom. The van der Waals surface area contributed by atoms with Crippen LogP contribution < -0.4 is 5.50 Å². The smallest absolute Gasteiger partial charge is 0.121 e. The molecule has 0 aliphatic carbocycles. The second-order valence-corrected chi connectivity index (χ2v) is 5.39. The molecule has 0 bridgehead atoms. The molecule has 0 aromatic heterocycles. The van der Waals surface area contributed by atoms with Gasteiger partial charge in [-0.15, -0.1) is 5.50 Å². The molecular weight excluding hydrogens is 241 g/mol. The first-order chi connectivity index (χ1) is 8.75. The number of nitrogens with one attached hydrogen (secondary N) is 1. The molecule has 2 aromatic carbocycles. The third-order valence-electron chi connectivity index (χ3n) is 2.72. The molecule has 0 fully saturated rings. The van der Waals surface area contributed by atoms with E-state index in [2.05, 4.69) is 24.3 Å². The molecule has 3 N–H and O–H groups in total. The molecule has 1 unspecified atom stereocenters. The van der Waals surface area contributed by atoms with Gasteiger partial charge in [0, 0.05) is 0 Å². The van der Waals surface area contributed by atoms with Crippen molar-refractivity contribution in [3.8, 4) is 0 Å². The maximum Gasteiger partial charge on any atom is 0.391 e. The minimum absolute atomic E-state index is 0.724. The molecule has 0 spiro atoms. The van der Waals surface area contributed by atoms with Crippen LogP contribution in [0.25, 0.3) is 0 Å². The van der Waals surface area contributed by atoms with E-state index in [1.54, 1.807) is 0 Å². The van der Waals surface area contributed by atoms with Crippen LogP contribution in [-0.4, -0.2) is 4.67 Å². The highest BCUT2D eigenvalue weighted by Gasteiger charge is 2.19. The highest BCUT2D eigenvalue weighted by atomic mass is 31.1. The SMILES string of the molecule is N=[P+](N)N(Cc1ccccc1)Cc1ccccc1. The third kappa shape index (κ3) is 3.74. The van der Waals surface area contributed by atoms with E-state index in [0.717, 1.165) is 13.1 Å². The van der Waals surface area contributed by atoms with Gasteiger partial charge in [0.05, 0.1) is 13.1 Å². The van der Waals surface area contributed by atoms with Gasteiger partial charge in [0.25, 0.3) is 0 Å². The molecule has 0 radical (unpaired) electrons. The summed E-state index contributed by atoms with van der Waals surface area (Å²) < 4.78 is 2.00. The van der Waals surface area contributed by atoms with E-state index in [1.165, 1.54) is 11.1 Å². The standard InChI is InChI=1S/C14H17N3P/c15-18(16)17(11-13-7-3-1-4-8-13)12-14-9-5-2-6-10-14/h1-10H,11-12H2,(H3,15,16)/q+1. The first-order valence-electron chi connectivity index (χ1n) is 5.84. The van der Waals surface area contributed by atoms with Gasteiger partial charge in [-0.25, -0.2) is 0 Å². The van der Waals surface area contributed by atoms with Crippen molar-refractivity contribution in [2.45, 2.75) is 13.1 Å². The summed E-state index contributed by atoms with van der Waals surface area (Å²) in [5.41, 5.74) is 8.18. The van der Waals surface area contributed by atoms with Gasteiger partial charge in [-0.3, -0.25) is 0 Å². The van der Waals surface area contributed by atoms with Crippen molar-refractivity contribution < 1.29 is 0 Å². The molecule has 92 valence electrons. The Morgan fingerprint density at radius 2 is 1.22 bits per heavy atom. The largest absolute Gasteiger partial charge is 0.391 e. The number of nitrogens with two attached hydrogens (primary N) is 1. The number of nitrogens with zero attached hydrogens (tertiary/aromatic N) is 1. The summed E-state index contributed by atoms with van der Waals surface area (Å²) in [6.45, 7) is 1.45. The van der Waals surface area contributed by atoms with E-state index < -0.39 is 8.01 Å². The Morgan fingerprint density at radius 3 is 1.56 bits per heavy atom. The van der Waals surface area contributed by atoms with Gasteiger partial charge in [0.15, 0.2) is 0 Å². The highest BCUT2D eigenvalue weighted by molar-refractivity contribution is 7.40. The third-order valence-corrected chi connectivity index (χ3v) is 3.61. The van der Waals surface area contributed by atoms with Gasteiger partial charge in [0.2, 0.25) is 0 Å². The molecular formula is C14H17N3P+. The zero-order chi connectivity index (χ0) is 12.8. The molecule has 0 saturated heterocycles. The molecule has 18 heavy (non-hydrogen) atoms. The van der Waals surface area contributed by atoms with Crippen LogP contribution >= 0.6 is 8.01 Å². The minimum atomic E-state index is -1.33. The molecule has 2 rings (SSSR count). The van der Waals surface area contributed by atoms with Crippen LogP contribution in [0.4, 0.5) is 0 Å². The maximum atomic E-state index is 7.80. The summed E-state index contributed by atoms with van der Waals surface area (Å²) in [6.07, 6.45) is 0. The van der Waals surface area contributed by atoms with Crippen LogP contribution in [0.2, 0.25) is 0 Å². The van der Waals surface area contributed by atoms with Crippen molar-refractivity contribution in [1.82, 2.24) is 4.67 Å². The number of rotatable bonds is 5. The highest BCUT2D eigenvalue weighted by Crippen LogP contribution is 2.24. The average molecular weight is 258 g/mol. The van der Waals surface area contributed by atoms with E-state index in [0.29, 0.717) is 0 Å². The van der Waals surface area contributed by atoms with E-state index >= 15 is 0 Å². The quantitative estimate of drug-likeness (QED) is 0.803. The van der Waals surface area contributed by atoms with Crippen molar-refractivity contribution in [2.75, 3.05) is 0 Å². The summed E-state index contributed by atoms with van der Waals surface area (Å²) in [6, 6.07) is 20.3. The lowest BCUT2D eigenvalue weighted by atomic mass is 10.2. The van der Waals surface area contributed by atoms with E-state index in [1.807, 2.05) is 41.1 Å². The molecule has 1 atom stereocenters.